The number of nitrogens with zero attached hydrogens (tertiary/aromatic N) is 5. The number of ether oxygens (including phenoxy) is 2. The number of aromatic nitrogens is 5. The van der Waals surface area contributed by atoms with Crippen LogP contribution in [0.5, 0.6) is 11.5 Å². The number of methoxy groups -OCH3 is 1. The average molecular weight is 453 g/mol. The fourth-order valence-corrected chi connectivity index (χ4v) is 3.61. The van der Waals surface area contributed by atoms with E-state index in [-0.39, 0.29) is 6.61 Å². The summed E-state index contributed by atoms with van der Waals surface area (Å²) in [4.78, 5) is 4.42. The zero-order valence-electron chi connectivity index (χ0n) is 18.1. The summed E-state index contributed by atoms with van der Waals surface area (Å²) in [5.41, 5.74) is 2.10. The van der Waals surface area contributed by atoms with Crippen LogP contribution in [0.1, 0.15) is 37.0 Å². The van der Waals surface area contributed by atoms with E-state index in [4.69, 9.17) is 19.8 Å². The highest BCUT2D eigenvalue weighted by Crippen LogP contribution is 2.24. The van der Waals surface area contributed by atoms with Gasteiger partial charge >= 0.3 is 0 Å². The Kier molecular flexibility index (Phi) is 6.60. The zero-order valence-corrected chi connectivity index (χ0v) is 18.9. The maximum Gasteiger partial charge on any atom is 0.237 e. The molecule has 0 atom stereocenters. The van der Waals surface area contributed by atoms with Crippen molar-refractivity contribution in [2.75, 3.05) is 13.0 Å². The van der Waals surface area contributed by atoms with Crippen LogP contribution in [0.15, 0.2) is 58.2 Å². The van der Waals surface area contributed by atoms with E-state index < -0.39 is 0 Å². The Labute approximate surface area is 189 Å². The first-order chi connectivity index (χ1) is 15.5. The molecule has 32 heavy (non-hydrogen) atoms. The number of nitrogens with two attached hydrogens (primary N) is 1. The molecule has 0 saturated heterocycles. The van der Waals surface area contributed by atoms with Crippen molar-refractivity contribution in [1.29, 1.82) is 0 Å². The lowest BCUT2D eigenvalue weighted by molar-refractivity contribution is 0.291. The Hall–Kier alpha value is -3.53. The molecule has 0 unspecified atom stereocenters. The molecule has 2 aromatic carbocycles. The smallest absolute Gasteiger partial charge is 0.237 e. The molecule has 4 aromatic rings. The largest absolute Gasteiger partial charge is 0.497 e. The van der Waals surface area contributed by atoms with Gasteiger partial charge < -0.3 is 19.8 Å². The summed E-state index contributed by atoms with van der Waals surface area (Å²) in [6.07, 6.45) is 0. The van der Waals surface area contributed by atoms with E-state index in [0.717, 1.165) is 17.1 Å². The lowest BCUT2D eigenvalue weighted by Crippen LogP contribution is -2.15. The van der Waals surface area contributed by atoms with E-state index in [0.29, 0.717) is 34.4 Å². The molecule has 166 valence electrons. The van der Waals surface area contributed by atoms with Crippen molar-refractivity contribution in [3.8, 4) is 22.9 Å². The van der Waals surface area contributed by atoms with Crippen LogP contribution in [-0.4, -0.2) is 32.1 Å². The van der Waals surface area contributed by atoms with Gasteiger partial charge in [-0.2, -0.15) is 4.98 Å². The van der Waals surface area contributed by atoms with Crippen LogP contribution in [0.25, 0.3) is 11.4 Å². The van der Waals surface area contributed by atoms with E-state index in [9.17, 15) is 0 Å². The zero-order chi connectivity index (χ0) is 22.5. The number of nitrogen functional groups attached to an aromatic ring is 1. The first-order valence-electron chi connectivity index (χ1n) is 10.1. The Bertz CT molecular complexity index is 1160. The van der Waals surface area contributed by atoms with Gasteiger partial charge in [-0.3, -0.25) is 0 Å². The van der Waals surface area contributed by atoms with Crippen molar-refractivity contribution in [3.05, 3.63) is 65.8 Å². The van der Waals surface area contributed by atoms with Crippen molar-refractivity contribution in [2.24, 2.45) is 0 Å². The van der Waals surface area contributed by atoms with Crippen molar-refractivity contribution < 1.29 is 14.0 Å². The summed E-state index contributed by atoms with van der Waals surface area (Å²) < 4.78 is 17.7. The van der Waals surface area contributed by atoms with Gasteiger partial charge in [0.2, 0.25) is 16.9 Å². The third-order valence-corrected chi connectivity index (χ3v) is 5.72. The molecular weight excluding hydrogens is 428 g/mol. The Morgan fingerprint density at radius 2 is 1.75 bits per heavy atom. The minimum absolute atomic E-state index is 0.216. The summed E-state index contributed by atoms with van der Waals surface area (Å²) in [6, 6.07) is 15.4. The van der Waals surface area contributed by atoms with Crippen molar-refractivity contribution in [1.82, 2.24) is 25.0 Å². The van der Waals surface area contributed by atoms with E-state index in [2.05, 4.69) is 46.3 Å². The van der Waals surface area contributed by atoms with Crippen molar-refractivity contribution >= 4 is 11.8 Å². The summed E-state index contributed by atoms with van der Waals surface area (Å²) in [7, 11) is 1.62. The van der Waals surface area contributed by atoms with Crippen LogP contribution >= 0.6 is 11.8 Å². The molecule has 0 radical (unpaired) electrons. The molecule has 2 aromatic heterocycles. The van der Waals surface area contributed by atoms with Crippen LogP contribution < -0.4 is 15.3 Å². The molecular formula is C22H24N6O3S. The summed E-state index contributed by atoms with van der Waals surface area (Å²) in [5, 5.41) is 12.8. The van der Waals surface area contributed by atoms with Gasteiger partial charge in [0.1, 0.15) is 18.1 Å². The minimum atomic E-state index is 0.216. The molecule has 0 fully saturated rings. The van der Waals surface area contributed by atoms with Crippen LogP contribution in [0.3, 0.4) is 0 Å². The Balaban J connectivity index is 1.33. The Morgan fingerprint density at radius 1 is 1.03 bits per heavy atom. The molecule has 10 heteroatoms. The van der Waals surface area contributed by atoms with Gasteiger partial charge in [0.05, 0.1) is 12.9 Å². The standard InChI is InChI=1S/C22H24N6O3S/c1-14(2)15-4-10-18(11-5-15)30-12-19-25-26-22(28(19)23)32-13-20-24-21(27-31-20)16-6-8-17(29-3)9-7-16/h4-11,14H,12-13,23H2,1-3H3. The molecule has 0 aliphatic carbocycles. The number of benzene rings is 2. The first-order valence-corrected chi connectivity index (χ1v) is 11.0. The monoisotopic (exact) mass is 452 g/mol. The van der Waals surface area contributed by atoms with Gasteiger partial charge in [-0.1, -0.05) is 42.9 Å². The summed E-state index contributed by atoms with van der Waals surface area (Å²) in [6.45, 7) is 4.52. The minimum Gasteiger partial charge on any atom is -0.497 e. The molecule has 0 saturated carbocycles. The second-order valence-electron chi connectivity index (χ2n) is 7.31. The van der Waals surface area contributed by atoms with Crippen LogP contribution in [0.4, 0.5) is 0 Å². The second-order valence-corrected chi connectivity index (χ2v) is 8.25. The predicted octanol–water partition coefficient (Wildman–Crippen LogP) is 4.05. The van der Waals surface area contributed by atoms with Crippen LogP contribution in [-0.2, 0) is 12.4 Å². The number of hydrogen-bond acceptors (Lipinski definition) is 9. The predicted molar refractivity (Wildman–Crippen MR) is 121 cm³/mol. The van der Waals surface area contributed by atoms with Gasteiger partial charge in [-0.15, -0.1) is 10.2 Å². The Morgan fingerprint density at radius 3 is 2.44 bits per heavy atom. The molecule has 0 aliphatic rings. The average Bonchev–Trinajstić information content (AvgIpc) is 3.43. The van der Waals surface area contributed by atoms with Gasteiger partial charge in [0.25, 0.3) is 0 Å². The quantitative estimate of drug-likeness (QED) is 0.297. The third-order valence-electron chi connectivity index (χ3n) is 4.79. The maximum atomic E-state index is 6.13. The van der Waals surface area contributed by atoms with E-state index in [1.165, 1.54) is 22.0 Å². The van der Waals surface area contributed by atoms with E-state index >= 15 is 0 Å². The molecule has 4 rings (SSSR count). The van der Waals surface area contributed by atoms with Gasteiger partial charge in [-0.05, 0) is 47.9 Å². The molecule has 2 heterocycles. The molecule has 2 N–H and O–H groups in total. The van der Waals surface area contributed by atoms with Crippen molar-refractivity contribution in [2.45, 2.75) is 37.3 Å². The van der Waals surface area contributed by atoms with Gasteiger partial charge in [0.15, 0.2) is 5.82 Å². The highest BCUT2D eigenvalue weighted by atomic mass is 32.2. The number of hydrogen-bond donors (Lipinski definition) is 1. The molecule has 9 nitrogen and oxygen atoms in total. The van der Waals surface area contributed by atoms with Gasteiger partial charge in [0, 0.05) is 5.56 Å². The lowest BCUT2D eigenvalue weighted by atomic mass is 10.0. The highest BCUT2D eigenvalue weighted by Gasteiger charge is 2.14. The van der Waals surface area contributed by atoms with Crippen LogP contribution in [0, 0.1) is 0 Å². The van der Waals surface area contributed by atoms with Crippen LogP contribution in [0.2, 0.25) is 0 Å². The number of thioether (sulfide) groups is 1. The van der Waals surface area contributed by atoms with Gasteiger partial charge in [-0.25, -0.2) is 4.68 Å². The normalized spacial score (nSPS) is 11.1. The maximum absolute atomic E-state index is 6.13. The summed E-state index contributed by atoms with van der Waals surface area (Å²) in [5.74, 6) is 10.0. The summed E-state index contributed by atoms with van der Waals surface area (Å²) >= 11 is 1.35. The SMILES string of the molecule is COc1ccc(-c2noc(CSc3nnc(COc4ccc(C(C)C)cc4)n3N)n2)cc1. The lowest BCUT2D eigenvalue weighted by Gasteiger charge is -2.08. The molecule has 0 bridgehead atoms. The number of rotatable bonds is 9. The molecule has 0 spiro atoms. The first kappa shape index (κ1) is 21.7. The third kappa shape index (κ3) is 5.02. The fraction of sp³-hybridized carbons (Fsp3) is 0.273. The highest BCUT2D eigenvalue weighted by molar-refractivity contribution is 7.98. The van der Waals surface area contributed by atoms with E-state index in [1.54, 1.807) is 7.11 Å². The molecule has 0 aliphatic heterocycles. The van der Waals surface area contributed by atoms with E-state index in [1.807, 2.05) is 36.4 Å². The van der Waals surface area contributed by atoms with Crippen molar-refractivity contribution in [3.63, 3.8) is 0 Å². The fourth-order valence-electron chi connectivity index (χ4n) is 2.90. The second kappa shape index (κ2) is 9.73. The molecule has 0 amide bonds. The topological polar surface area (TPSA) is 114 Å².